The topological polar surface area (TPSA) is 111 Å². The van der Waals surface area contributed by atoms with Crippen LogP contribution in [0.25, 0.3) is 0 Å². The lowest BCUT2D eigenvalue weighted by Crippen LogP contribution is -2.14. The standard InChI is InChI=1S/C48H60O12/c1-5-41-27-37-25-38-29-43-7-2-8-44-30-40-26-39(28-42(6-1)47(41)58-12-4-10-50-14-16-52-18-20-54-22-24-56-36-60-48(43)44)33-46(34-40)59-35-55-23-21-53-19-17-51-15-13-49-9-3-11-57-45(31-37)32-38/h1-2,5-8,25-26,31-34H,3-4,9-24,27-30,35-36H2. The van der Waals surface area contributed by atoms with E-state index in [1.165, 1.54) is 0 Å². The minimum Gasteiger partial charge on any atom is -0.493 e. The third kappa shape index (κ3) is 14.5. The number of hydrogen-bond acceptors (Lipinski definition) is 12. The Bertz CT molecular complexity index is 1660. The van der Waals surface area contributed by atoms with Gasteiger partial charge in [-0.05, 0) is 68.8 Å². The van der Waals surface area contributed by atoms with Crippen LogP contribution in [0.1, 0.15) is 57.3 Å². The molecule has 0 unspecified atom stereocenters. The molecule has 12 nitrogen and oxygen atoms in total. The molecule has 324 valence electrons. The Morgan fingerprint density at radius 1 is 0.283 bits per heavy atom. The van der Waals surface area contributed by atoms with Crippen LogP contribution in [-0.4, -0.2) is 119 Å². The first-order chi connectivity index (χ1) is 29.8. The average molecular weight is 829 g/mol. The SMILES string of the molecule is c1cc2c3c(c1)Cc1cc4cc(c1)OCOCCOCCOCCOCCCOc1cc(cc(c1)Cc1cccc(c1OCOCCOCCOCCOCCCO3)C4)C2. The summed E-state index contributed by atoms with van der Waals surface area (Å²) in [4.78, 5) is 0. The van der Waals surface area contributed by atoms with Gasteiger partial charge in [0.25, 0.3) is 0 Å². The Balaban J connectivity index is 1.28. The van der Waals surface area contributed by atoms with Crippen molar-refractivity contribution in [1.29, 1.82) is 0 Å². The molecule has 2 aliphatic heterocycles. The van der Waals surface area contributed by atoms with Crippen LogP contribution >= 0.6 is 0 Å². The van der Waals surface area contributed by atoms with E-state index in [0.717, 1.165) is 80.3 Å². The maximum absolute atomic E-state index is 6.73. The highest BCUT2D eigenvalue weighted by Gasteiger charge is 2.18. The molecule has 7 rings (SSSR count). The number of rotatable bonds is 0. The molecule has 4 aromatic rings. The van der Waals surface area contributed by atoms with Crippen molar-refractivity contribution >= 4 is 0 Å². The molecule has 0 N–H and O–H groups in total. The van der Waals surface area contributed by atoms with Gasteiger partial charge in [0.15, 0.2) is 13.6 Å². The molecule has 0 atom stereocenters. The molecule has 3 aliphatic rings. The summed E-state index contributed by atoms with van der Waals surface area (Å²) in [7, 11) is 0. The molecule has 0 saturated heterocycles. The minimum absolute atomic E-state index is 0.0800. The van der Waals surface area contributed by atoms with Gasteiger partial charge in [0.1, 0.15) is 23.0 Å². The summed E-state index contributed by atoms with van der Waals surface area (Å²) >= 11 is 0. The van der Waals surface area contributed by atoms with Crippen molar-refractivity contribution in [3.63, 3.8) is 0 Å². The first-order valence-electron chi connectivity index (χ1n) is 21.4. The summed E-state index contributed by atoms with van der Waals surface area (Å²) in [5.41, 5.74) is 8.70. The zero-order valence-corrected chi connectivity index (χ0v) is 34.8. The van der Waals surface area contributed by atoms with E-state index in [2.05, 4.69) is 72.8 Å². The summed E-state index contributed by atoms with van der Waals surface area (Å²) in [6.45, 7) is 7.97. The van der Waals surface area contributed by atoms with Gasteiger partial charge in [0.2, 0.25) is 0 Å². The maximum Gasteiger partial charge on any atom is 0.189 e. The largest absolute Gasteiger partial charge is 0.493 e. The van der Waals surface area contributed by atoms with Crippen molar-refractivity contribution < 1.29 is 56.8 Å². The van der Waals surface area contributed by atoms with Gasteiger partial charge in [0, 0.05) is 51.7 Å². The van der Waals surface area contributed by atoms with Crippen LogP contribution < -0.4 is 18.9 Å². The summed E-state index contributed by atoms with van der Waals surface area (Å²) in [6.07, 6.45) is 4.00. The Morgan fingerprint density at radius 3 is 1.05 bits per heavy atom. The molecule has 0 saturated carbocycles. The predicted molar refractivity (Wildman–Crippen MR) is 225 cm³/mol. The quantitative estimate of drug-likeness (QED) is 0.165. The Morgan fingerprint density at radius 2 is 0.617 bits per heavy atom. The highest BCUT2D eigenvalue weighted by molar-refractivity contribution is 5.52. The fourth-order valence-corrected chi connectivity index (χ4v) is 7.45. The second-order valence-corrected chi connectivity index (χ2v) is 14.9. The molecule has 12 heteroatoms. The van der Waals surface area contributed by atoms with Crippen molar-refractivity contribution in [3.05, 3.63) is 117 Å². The molecule has 0 amide bonds. The van der Waals surface area contributed by atoms with E-state index in [1.807, 2.05) is 0 Å². The van der Waals surface area contributed by atoms with Gasteiger partial charge in [0.05, 0.1) is 92.5 Å². The van der Waals surface area contributed by atoms with Crippen LogP contribution in [0.2, 0.25) is 0 Å². The molecule has 2 heterocycles. The predicted octanol–water partition coefficient (Wildman–Crippen LogP) is 6.73. The van der Waals surface area contributed by atoms with Crippen molar-refractivity contribution in [2.75, 3.05) is 119 Å². The second-order valence-electron chi connectivity index (χ2n) is 14.9. The smallest absolute Gasteiger partial charge is 0.189 e. The van der Waals surface area contributed by atoms with Crippen LogP contribution in [0.5, 0.6) is 23.0 Å². The van der Waals surface area contributed by atoms with Gasteiger partial charge in [-0.2, -0.15) is 0 Å². The van der Waals surface area contributed by atoms with Gasteiger partial charge in [-0.15, -0.1) is 0 Å². The maximum atomic E-state index is 6.73. The number of hydrogen-bond donors (Lipinski definition) is 0. The monoisotopic (exact) mass is 828 g/mol. The Labute approximate surface area is 354 Å². The lowest BCUT2D eigenvalue weighted by molar-refractivity contribution is -0.0312. The number of fused-ring (bicyclic) bond motifs is 3. The van der Waals surface area contributed by atoms with Crippen molar-refractivity contribution in [3.8, 4) is 23.0 Å². The summed E-state index contributed by atoms with van der Waals surface area (Å²) in [6, 6.07) is 25.8. The van der Waals surface area contributed by atoms with Gasteiger partial charge in [-0.3, -0.25) is 0 Å². The normalized spacial score (nSPS) is 19.1. The lowest BCUT2D eigenvalue weighted by atomic mass is 9.92. The molecule has 0 radical (unpaired) electrons. The first kappa shape index (κ1) is 43.8. The van der Waals surface area contributed by atoms with Crippen molar-refractivity contribution in [2.45, 2.75) is 38.5 Å². The number of benzene rings is 4. The minimum atomic E-state index is 0.0800. The summed E-state index contributed by atoms with van der Waals surface area (Å²) < 4.78 is 72.3. The van der Waals surface area contributed by atoms with Crippen LogP contribution in [0, 0.1) is 0 Å². The highest BCUT2D eigenvalue weighted by atomic mass is 16.7. The van der Waals surface area contributed by atoms with Gasteiger partial charge < -0.3 is 56.8 Å². The van der Waals surface area contributed by atoms with E-state index in [9.17, 15) is 0 Å². The molecule has 0 aromatic heterocycles. The average Bonchev–Trinajstić information content (AvgIpc) is 3.24. The first-order valence-corrected chi connectivity index (χ1v) is 21.4. The van der Waals surface area contributed by atoms with E-state index in [-0.39, 0.29) is 13.6 Å². The fraction of sp³-hybridized carbons (Fsp3) is 0.500. The van der Waals surface area contributed by atoms with Gasteiger partial charge in [-0.25, -0.2) is 0 Å². The van der Waals surface area contributed by atoms with E-state index in [4.69, 9.17) is 56.8 Å². The second kappa shape index (κ2) is 24.9. The highest BCUT2D eigenvalue weighted by Crippen LogP contribution is 2.35. The summed E-state index contributed by atoms with van der Waals surface area (Å²) in [5.74, 6) is 3.23. The van der Waals surface area contributed by atoms with E-state index < -0.39 is 0 Å². The van der Waals surface area contributed by atoms with Crippen LogP contribution in [-0.2, 0) is 63.6 Å². The zero-order valence-electron chi connectivity index (χ0n) is 34.8. The van der Waals surface area contributed by atoms with Crippen molar-refractivity contribution in [2.24, 2.45) is 0 Å². The van der Waals surface area contributed by atoms with E-state index in [1.54, 1.807) is 0 Å². The Kier molecular flexibility index (Phi) is 18.2. The van der Waals surface area contributed by atoms with Crippen LogP contribution in [0.3, 0.4) is 0 Å². The molecular formula is C48H60O12. The van der Waals surface area contributed by atoms with E-state index >= 15 is 0 Å². The molecule has 1 aliphatic carbocycles. The zero-order chi connectivity index (χ0) is 40.9. The van der Waals surface area contributed by atoms with Gasteiger partial charge in [-0.1, -0.05) is 48.5 Å². The lowest BCUT2D eigenvalue weighted by Gasteiger charge is -2.20. The number of ether oxygens (including phenoxy) is 12. The Hall–Kier alpha value is -4.24. The third-order valence-electron chi connectivity index (χ3n) is 10.2. The number of para-hydroxylation sites is 2. The third-order valence-corrected chi connectivity index (χ3v) is 10.2. The molecule has 0 fully saturated rings. The molecular weight excluding hydrogens is 769 g/mol. The van der Waals surface area contributed by atoms with Crippen molar-refractivity contribution in [1.82, 2.24) is 0 Å². The van der Waals surface area contributed by atoms with Crippen LogP contribution in [0.15, 0.2) is 72.8 Å². The molecule has 12 bridgehead atoms. The summed E-state index contributed by atoms with van der Waals surface area (Å²) in [5, 5.41) is 0. The molecule has 4 aromatic carbocycles. The van der Waals surface area contributed by atoms with E-state index in [0.29, 0.717) is 131 Å². The van der Waals surface area contributed by atoms with Gasteiger partial charge >= 0.3 is 0 Å². The van der Waals surface area contributed by atoms with Crippen LogP contribution in [0.4, 0.5) is 0 Å². The fourth-order valence-electron chi connectivity index (χ4n) is 7.45. The molecule has 60 heavy (non-hydrogen) atoms. The molecule has 0 spiro atoms.